The minimum atomic E-state index is 0.351. The molecule has 9 heavy (non-hydrogen) atoms. The first-order chi connectivity index (χ1) is 4.38. The van der Waals surface area contributed by atoms with Gasteiger partial charge in [-0.25, -0.2) is 9.67 Å². The first kappa shape index (κ1) is 7.61. The summed E-state index contributed by atoms with van der Waals surface area (Å²) in [4.78, 5) is 5.38. The van der Waals surface area contributed by atoms with E-state index in [9.17, 15) is 0 Å². The zero-order chi connectivity index (χ0) is 6.69. The highest BCUT2D eigenvalue weighted by Gasteiger charge is 2.25. The molecule has 0 aromatic rings. The zero-order valence-corrected chi connectivity index (χ0v) is 6.54. The van der Waals surface area contributed by atoms with Gasteiger partial charge in [0.15, 0.2) is 0 Å². The molecule has 0 bridgehead atoms. The molecule has 0 heterocycles. The van der Waals surface area contributed by atoms with E-state index >= 15 is 0 Å². The van der Waals surface area contributed by atoms with Crippen LogP contribution in [-0.4, -0.2) is 12.1 Å². The summed E-state index contributed by atoms with van der Waals surface area (Å²) >= 11 is 10.9. The largest absolute Gasteiger partial charge is 0.229 e. The van der Waals surface area contributed by atoms with E-state index in [-0.39, 0.29) is 0 Å². The van der Waals surface area contributed by atoms with Crippen LogP contribution in [0.3, 0.4) is 0 Å². The lowest BCUT2D eigenvalue weighted by atomic mass is 10.2. The molecule has 0 radical (unpaired) electrons. The topological polar surface area (TPSA) is 24.1 Å². The molecule has 1 aliphatic rings. The molecule has 0 saturated heterocycles. The van der Waals surface area contributed by atoms with Crippen LogP contribution in [0.5, 0.6) is 0 Å². The fraction of sp³-hybridized carbons (Fsp3) is 1.00. The Morgan fingerprint density at radius 3 is 1.78 bits per heavy atom. The summed E-state index contributed by atoms with van der Waals surface area (Å²) in [7, 11) is 0. The van der Waals surface area contributed by atoms with Crippen molar-refractivity contribution in [3.63, 3.8) is 0 Å². The molecule has 1 rings (SSSR count). The fourth-order valence-electron chi connectivity index (χ4n) is 1.22. The van der Waals surface area contributed by atoms with Gasteiger partial charge in [0.1, 0.15) is 0 Å². The van der Waals surface area contributed by atoms with Gasteiger partial charge in [-0.3, -0.25) is 0 Å². The zero-order valence-electron chi connectivity index (χ0n) is 5.03. The third-order valence-corrected chi connectivity index (χ3v) is 2.36. The summed E-state index contributed by atoms with van der Waals surface area (Å²) in [6.07, 6.45) is 3.44. The first-order valence-corrected chi connectivity index (χ1v) is 3.86. The minimum Gasteiger partial charge on any atom is -0.229 e. The summed E-state index contributed by atoms with van der Waals surface area (Å²) in [6, 6.07) is 0.702. The van der Waals surface area contributed by atoms with E-state index in [1.54, 1.807) is 0 Å². The van der Waals surface area contributed by atoms with Crippen LogP contribution in [-0.2, 0) is 0 Å². The van der Waals surface area contributed by atoms with Gasteiger partial charge >= 0.3 is 0 Å². The third kappa shape index (κ3) is 1.71. The Morgan fingerprint density at radius 2 is 1.44 bits per heavy atom. The Labute approximate surface area is 65.1 Å². The molecular weight excluding hydrogens is 159 g/mol. The molecule has 0 aliphatic heterocycles. The average Bonchev–Trinajstić information content (AvgIpc) is 2.33. The molecule has 1 fully saturated rings. The lowest BCUT2D eigenvalue weighted by molar-refractivity contribution is 0.535. The highest BCUT2D eigenvalue weighted by Crippen LogP contribution is 2.19. The van der Waals surface area contributed by atoms with E-state index in [1.807, 2.05) is 0 Å². The van der Waals surface area contributed by atoms with E-state index in [4.69, 9.17) is 23.6 Å². The minimum absolute atomic E-state index is 0.351. The third-order valence-electron chi connectivity index (χ3n) is 1.80. The maximum Gasteiger partial charge on any atom is 0.0387 e. The molecule has 0 aromatic carbocycles. The predicted molar refractivity (Wildman–Crippen MR) is 39.4 cm³/mol. The van der Waals surface area contributed by atoms with Gasteiger partial charge in [-0.1, -0.05) is 6.42 Å². The highest BCUT2D eigenvalue weighted by atomic mass is 35.5. The standard InChI is InChI=1S/C5H10Cl2N2/c6-8-4-2-1-3-5(4)9-7/h4-5,8-9H,1-3H2/t4-,5-/m1/s1. The van der Waals surface area contributed by atoms with E-state index in [2.05, 4.69) is 9.67 Å². The maximum absolute atomic E-state index is 5.43. The number of rotatable bonds is 2. The van der Waals surface area contributed by atoms with Gasteiger partial charge in [-0.05, 0) is 36.4 Å². The molecule has 0 unspecified atom stereocenters. The number of halogens is 2. The van der Waals surface area contributed by atoms with Crippen LogP contribution < -0.4 is 9.67 Å². The molecule has 2 N–H and O–H groups in total. The second kappa shape index (κ2) is 3.62. The predicted octanol–water partition coefficient (Wildman–Crippen LogP) is 1.39. The van der Waals surface area contributed by atoms with Gasteiger partial charge in [-0.15, -0.1) is 0 Å². The van der Waals surface area contributed by atoms with Crippen LogP contribution >= 0.6 is 23.6 Å². The van der Waals surface area contributed by atoms with Crippen LogP contribution in [0.2, 0.25) is 0 Å². The monoisotopic (exact) mass is 168 g/mol. The Kier molecular flexibility index (Phi) is 3.06. The summed E-state index contributed by atoms with van der Waals surface area (Å²) in [5.41, 5.74) is 0. The Bertz CT molecular complexity index is 79.0. The van der Waals surface area contributed by atoms with Crippen molar-refractivity contribution < 1.29 is 0 Å². The average molecular weight is 169 g/mol. The molecule has 1 aliphatic carbocycles. The van der Waals surface area contributed by atoms with Crippen molar-refractivity contribution in [2.75, 3.05) is 0 Å². The second-order valence-electron chi connectivity index (χ2n) is 2.36. The summed E-state index contributed by atoms with van der Waals surface area (Å²) in [6.45, 7) is 0. The highest BCUT2D eigenvalue weighted by molar-refractivity contribution is 6.14. The normalized spacial score (nSPS) is 35.3. The molecule has 54 valence electrons. The van der Waals surface area contributed by atoms with Gasteiger partial charge in [-0.2, -0.15) is 0 Å². The maximum atomic E-state index is 5.43. The van der Waals surface area contributed by atoms with Gasteiger partial charge in [0.25, 0.3) is 0 Å². The van der Waals surface area contributed by atoms with E-state index in [0.717, 1.165) is 12.8 Å². The first-order valence-electron chi connectivity index (χ1n) is 3.11. The van der Waals surface area contributed by atoms with Crippen LogP contribution in [0.1, 0.15) is 19.3 Å². The quantitative estimate of drug-likeness (QED) is 0.610. The lowest BCUT2D eigenvalue weighted by Gasteiger charge is -2.13. The smallest absolute Gasteiger partial charge is 0.0387 e. The van der Waals surface area contributed by atoms with Crippen molar-refractivity contribution in [3.05, 3.63) is 0 Å². The molecular formula is C5H10Cl2N2. The van der Waals surface area contributed by atoms with Crippen LogP contribution in [0, 0.1) is 0 Å². The number of nitrogens with one attached hydrogen (secondary N) is 2. The van der Waals surface area contributed by atoms with Crippen LogP contribution in [0.25, 0.3) is 0 Å². The van der Waals surface area contributed by atoms with Crippen molar-refractivity contribution in [3.8, 4) is 0 Å². The van der Waals surface area contributed by atoms with Crippen molar-refractivity contribution in [1.82, 2.24) is 9.67 Å². The second-order valence-corrected chi connectivity index (χ2v) is 2.80. The summed E-state index contributed by atoms with van der Waals surface area (Å²) in [5.74, 6) is 0. The molecule has 1 saturated carbocycles. The van der Waals surface area contributed by atoms with E-state index in [0.29, 0.717) is 12.1 Å². The van der Waals surface area contributed by atoms with E-state index in [1.165, 1.54) is 6.42 Å². The Morgan fingerprint density at radius 1 is 1.00 bits per heavy atom. The molecule has 0 aromatic heterocycles. The fourth-order valence-corrected chi connectivity index (χ4v) is 1.74. The van der Waals surface area contributed by atoms with Gasteiger partial charge in [0.05, 0.1) is 0 Å². The Hall–Kier alpha value is 0.500. The number of hydrogen-bond donors (Lipinski definition) is 2. The van der Waals surface area contributed by atoms with Crippen LogP contribution in [0.4, 0.5) is 0 Å². The van der Waals surface area contributed by atoms with Crippen molar-refractivity contribution in [1.29, 1.82) is 0 Å². The SMILES string of the molecule is ClN[C@@H]1CCC[C@H]1NCl. The van der Waals surface area contributed by atoms with Crippen molar-refractivity contribution >= 4 is 23.6 Å². The van der Waals surface area contributed by atoms with E-state index < -0.39 is 0 Å². The molecule has 2 atom stereocenters. The lowest BCUT2D eigenvalue weighted by Crippen LogP contribution is -2.36. The van der Waals surface area contributed by atoms with Crippen LogP contribution in [0.15, 0.2) is 0 Å². The summed E-state index contributed by atoms with van der Waals surface area (Å²) in [5, 5.41) is 0. The molecule has 2 nitrogen and oxygen atoms in total. The molecule has 0 spiro atoms. The summed E-state index contributed by atoms with van der Waals surface area (Å²) < 4.78 is 0. The van der Waals surface area contributed by atoms with Crippen molar-refractivity contribution in [2.45, 2.75) is 31.3 Å². The van der Waals surface area contributed by atoms with Gasteiger partial charge in [0.2, 0.25) is 0 Å². The molecule has 4 heteroatoms. The number of hydrogen-bond acceptors (Lipinski definition) is 2. The van der Waals surface area contributed by atoms with Gasteiger partial charge in [0, 0.05) is 12.1 Å². The molecule has 0 amide bonds. The Balaban J connectivity index is 2.32. The van der Waals surface area contributed by atoms with Crippen molar-refractivity contribution in [2.24, 2.45) is 0 Å². The van der Waals surface area contributed by atoms with Gasteiger partial charge < -0.3 is 0 Å².